The van der Waals surface area contributed by atoms with E-state index in [1.54, 1.807) is 20.4 Å². The van der Waals surface area contributed by atoms with Gasteiger partial charge in [-0.1, -0.05) is 36.4 Å². The summed E-state index contributed by atoms with van der Waals surface area (Å²) in [7, 11) is 3.23. The predicted molar refractivity (Wildman–Crippen MR) is 90.4 cm³/mol. The highest BCUT2D eigenvalue weighted by molar-refractivity contribution is 5.68. The molecule has 4 heteroatoms. The van der Waals surface area contributed by atoms with Gasteiger partial charge in [0.15, 0.2) is 17.3 Å². The van der Waals surface area contributed by atoms with Crippen LogP contribution >= 0.6 is 0 Å². The van der Waals surface area contributed by atoms with E-state index in [9.17, 15) is 0 Å². The van der Waals surface area contributed by atoms with Crippen LogP contribution in [0.5, 0.6) is 11.5 Å². The Labute approximate surface area is 135 Å². The maximum Gasteiger partial charge on any atom is 0.219 e. The molecule has 116 valence electrons. The third kappa shape index (κ3) is 3.43. The van der Waals surface area contributed by atoms with Crippen molar-refractivity contribution in [2.75, 3.05) is 14.2 Å². The van der Waals surface area contributed by atoms with Gasteiger partial charge in [0, 0.05) is 11.6 Å². The Kier molecular flexibility index (Phi) is 4.43. The van der Waals surface area contributed by atoms with E-state index < -0.39 is 0 Å². The normalized spacial score (nSPS) is 10.9. The number of benzene rings is 2. The van der Waals surface area contributed by atoms with Crippen LogP contribution in [0, 0.1) is 0 Å². The van der Waals surface area contributed by atoms with Gasteiger partial charge in [0.25, 0.3) is 0 Å². The van der Waals surface area contributed by atoms with Crippen LogP contribution in [-0.4, -0.2) is 19.2 Å². The molecule has 0 radical (unpaired) electrons. The maximum atomic E-state index is 5.74. The summed E-state index contributed by atoms with van der Waals surface area (Å²) in [5, 5.41) is 0. The van der Waals surface area contributed by atoms with Gasteiger partial charge < -0.3 is 13.9 Å². The maximum absolute atomic E-state index is 5.74. The smallest absolute Gasteiger partial charge is 0.219 e. The van der Waals surface area contributed by atoms with Crippen molar-refractivity contribution in [1.29, 1.82) is 0 Å². The number of aromatic nitrogens is 1. The highest BCUT2D eigenvalue weighted by Crippen LogP contribution is 2.28. The summed E-state index contributed by atoms with van der Waals surface area (Å²) in [4.78, 5) is 4.27. The quantitative estimate of drug-likeness (QED) is 0.694. The molecule has 1 heterocycles. The lowest BCUT2D eigenvalue weighted by Gasteiger charge is -2.07. The van der Waals surface area contributed by atoms with Gasteiger partial charge >= 0.3 is 0 Å². The van der Waals surface area contributed by atoms with Crippen molar-refractivity contribution in [2.24, 2.45) is 0 Å². The lowest BCUT2D eigenvalue weighted by molar-refractivity contribution is 0.355. The van der Waals surface area contributed by atoms with Crippen LogP contribution in [-0.2, 0) is 0 Å². The standard InChI is InChI=1S/C19H17NO3/c1-21-16-10-8-14(12-17(16)22-2)9-11-19-20-13-18(23-19)15-6-4-3-5-7-15/h3-13H,1-2H3/b11-9+. The molecule has 0 saturated carbocycles. The van der Waals surface area contributed by atoms with Crippen molar-refractivity contribution >= 4 is 12.2 Å². The molecule has 0 spiro atoms. The van der Waals surface area contributed by atoms with E-state index in [2.05, 4.69) is 4.98 Å². The van der Waals surface area contributed by atoms with Gasteiger partial charge in [-0.2, -0.15) is 0 Å². The van der Waals surface area contributed by atoms with Crippen LogP contribution in [0.3, 0.4) is 0 Å². The van der Waals surface area contributed by atoms with Crippen molar-refractivity contribution in [3.05, 3.63) is 66.2 Å². The second-order valence-corrected chi connectivity index (χ2v) is 4.88. The lowest BCUT2D eigenvalue weighted by atomic mass is 10.2. The van der Waals surface area contributed by atoms with E-state index in [0.29, 0.717) is 17.4 Å². The van der Waals surface area contributed by atoms with Gasteiger partial charge in [-0.3, -0.25) is 0 Å². The van der Waals surface area contributed by atoms with Gasteiger partial charge in [0.1, 0.15) is 0 Å². The third-order valence-corrected chi connectivity index (χ3v) is 3.41. The molecule has 0 aliphatic heterocycles. The van der Waals surface area contributed by atoms with Crippen LogP contribution in [0.15, 0.2) is 59.1 Å². The fourth-order valence-electron chi connectivity index (χ4n) is 2.22. The van der Waals surface area contributed by atoms with Crippen LogP contribution in [0.1, 0.15) is 11.5 Å². The number of hydrogen-bond donors (Lipinski definition) is 0. The monoisotopic (exact) mass is 307 g/mol. The first-order chi connectivity index (χ1) is 11.3. The Morgan fingerprint density at radius 2 is 1.70 bits per heavy atom. The fraction of sp³-hybridized carbons (Fsp3) is 0.105. The molecule has 3 rings (SSSR count). The molecule has 0 saturated heterocycles. The molecule has 0 amide bonds. The average molecular weight is 307 g/mol. The molecule has 0 bridgehead atoms. The lowest BCUT2D eigenvalue weighted by Crippen LogP contribution is -1.90. The van der Waals surface area contributed by atoms with E-state index in [1.165, 1.54) is 0 Å². The van der Waals surface area contributed by atoms with E-state index in [4.69, 9.17) is 13.9 Å². The highest BCUT2D eigenvalue weighted by Gasteiger charge is 2.05. The van der Waals surface area contributed by atoms with Gasteiger partial charge in [-0.25, -0.2) is 4.98 Å². The summed E-state index contributed by atoms with van der Waals surface area (Å²) in [6.45, 7) is 0. The molecule has 2 aromatic carbocycles. The van der Waals surface area contributed by atoms with E-state index in [0.717, 1.165) is 16.9 Å². The fourth-order valence-corrected chi connectivity index (χ4v) is 2.22. The van der Waals surface area contributed by atoms with Crippen LogP contribution in [0.25, 0.3) is 23.5 Å². The van der Waals surface area contributed by atoms with E-state index >= 15 is 0 Å². The van der Waals surface area contributed by atoms with Crippen molar-refractivity contribution in [2.45, 2.75) is 0 Å². The van der Waals surface area contributed by atoms with Crippen molar-refractivity contribution in [3.63, 3.8) is 0 Å². The molecule has 0 fully saturated rings. The minimum Gasteiger partial charge on any atom is -0.493 e. The summed E-state index contributed by atoms with van der Waals surface area (Å²) in [6.07, 6.45) is 5.47. The van der Waals surface area contributed by atoms with Crippen molar-refractivity contribution in [1.82, 2.24) is 4.98 Å². The van der Waals surface area contributed by atoms with Crippen LogP contribution < -0.4 is 9.47 Å². The number of oxazole rings is 1. The summed E-state index contributed by atoms with van der Waals surface area (Å²) >= 11 is 0. The molecule has 0 aliphatic carbocycles. The molecule has 23 heavy (non-hydrogen) atoms. The van der Waals surface area contributed by atoms with Crippen LogP contribution in [0.2, 0.25) is 0 Å². The molecule has 4 nitrogen and oxygen atoms in total. The Hall–Kier alpha value is -3.01. The molecular weight excluding hydrogens is 290 g/mol. The van der Waals surface area contributed by atoms with E-state index in [-0.39, 0.29) is 0 Å². The summed E-state index contributed by atoms with van der Waals surface area (Å²) in [6, 6.07) is 15.6. The molecule has 0 atom stereocenters. The summed E-state index contributed by atoms with van der Waals surface area (Å²) < 4.78 is 16.3. The molecule has 0 unspecified atom stereocenters. The largest absolute Gasteiger partial charge is 0.493 e. The average Bonchev–Trinajstić information content (AvgIpc) is 3.09. The Balaban J connectivity index is 1.80. The molecule has 3 aromatic rings. The number of ether oxygens (including phenoxy) is 2. The zero-order valence-electron chi connectivity index (χ0n) is 13.0. The second-order valence-electron chi connectivity index (χ2n) is 4.88. The number of rotatable bonds is 5. The van der Waals surface area contributed by atoms with Crippen molar-refractivity contribution in [3.8, 4) is 22.8 Å². The topological polar surface area (TPSA) is 44.5 Å². The second kappa shape index (κ2) is 6.83. The van der Waals surface area contributed by atoms with Gasteiger partial charge in [0.05, 0.1) is 20.4 Å². The SMILES string of the molecule is COc1ccc(/C=C/c2ncc(-c3ccccc3)o2)cc1OC. The van der Waals surface area contributed by atoms with E-state index in [1.807, 2.05) is 60.7 Å². The van der Waals surface area contributed by atoms with Gasteiger partial charge in [-0.15, -0.1) is 0 Å². The first-order valence-electron chi connectivity index (χ1n) is 7.21. The van der Waals surface area contributed by atoms with Gasteiger partial charge in [0.2, 0.25) is 5.89 Å². The van der Waals surface area contributed by atoms with Crippen molar-refractivity contribution < 1.29 is 13.9 Å². The number of hydrogen-bond acceptors (Lipinski definition) is 4. The molecule has 0 aliphatic rings. The highest BCUT2D eigenvalue weighted by atomic mass is 16.5. The zero-order chi connectivity index (χ0) is 16.1. The molecular formula is C19H17NO3. The minimum absolute atomic E-state index is 0.554. The Morgan fingerprint density at radius 1 is 0.913 bits per heavy atom. The third-order valence-electron chi connectivity index (χ3n) is 3.41. The van der Waals surface area contributed by atoms with Gasteiger partial charge in [-0.05, 0) is 23.8 Å². The predicted octanol–water partition coefficient (Wildman–Crippen LogP) is 4.53. The molecule has 1 aromatic heterocycles. The zero-order valence-corrected chi connectivity index (χ0v) is 13.0. The first kappa shape index (κ1) is 14.9. The molecule has 0 N–H and O–H groups in total. The Morgan fingerprint density at radius 3 is 2.43 bits per heavy atom. The summed E-state index contributed by atoms with van der Waals surface area (Å²) in [5.41, 5.74) is 1.98. The number of methoxy groups -OCH3 is 2. The number of nitrogens with zero attached hydrogens (tertiary/aromatic N) is 1. The van der Waals surface area contributed by atoms with Crippen LogP contribution in [0.4, 0.5) is 0 Å². The minimum atomic E-state index is 0.554. The first-order valence-corrected chi connectivity index (χ1v) is 7.21. The summed E-state index contributed by atoms with van der Waals surface area (Å²) in [5.74, 6) is 2.69. The Bertz CT molecular complexity index is 806.